The average molecular weight is 207 g/mol. The minimum Gasteiger partial charge on any atom is -0.381 e. The molecule has 0 spiro atoms. The van der Waals surface area contributed by atoms with Crippen LogP contribution in [0.1, 0.15) is 28.2 Å². The van der Waals surface area contributed by atoms with E-state index in [9.17, 15) is 4.79 Å². The van der Waals surface area contributed by atoms with Crippen LogP contribution in [0.2, 0.25) is 0 Å². The van der Waals surface area contributed by atoms with Crippen molar-refractivity contribution in [1.82, 2.24) is 4.57 Å². The summed E-state index contributed by atoms with van der Waals surface area (Å²) in [6.07, 6.45) is 2.07. The van der Waals surface area contributed by atoms with Gasteiger partial charge in [-0.25, -0.2) is 0 Å². The number of carbonyl (C=O) groups excluding carboxylic acids is 1. The molecule has 0 radical (unpaired) electrons. The average Bonchev–Trinajstić information content (AvgIpc) is 2.81. The number of ether oxygens (including phenoxy) is 1. The molecule has 1 atom stereocenters. The number of hydrogen-bond acceptors (Lipinski definition) is 2. The SMILES string of the molecule is Cc1cc(C=O)c(C)n1CC1CCOC1. The summed E-state index contributed by atoms with van der Waals surface area (Å²) in [5, 5.41) is 0. The molecule has 15 heavy (non-hydrogen) atoms. The maximum atomic E-state index is 10.8. The summed E-state index contributed by atoms with van der Waals surface area (Å²) in [6, 6.07) is 1.96. The van der Waals surface area contributed by atoms with E-state index in [4.69, 9.17) is 4.74 Å². The highest BCUT2D eigenvalue weighted by Gasteiger charge is 2.18. The van der Waals surface area contributed by atoms with Crippen molar-refractivity contribution in [2.75, 3.05) is 13.2 Å². The number of aryl methyl sites for hydroxylation is 1. The van der Waals surface area contributed by atoms with Gasteiger partial charge >= 0.3 is 0 Å². The summed E-state index contributed by atoms with van der Waals surface area (Å²) < 4.78 is 7.58. The molecule has 1 saturated heterocycles. The predicted octanol–water partition coefficient (Wildman–Crippen LogP) is 1.95. The van der Waals surface area contributed by atoms with E-state index in [1.165, 1.54) is 5.69 Å². The first kappa shape index (κ1) is 10.4. The lowest BCUT2D eigenvalue weighted by atomic mass is 10.1. The molecule has 0 N–H and O–H groups in total. The molecule has 82 valence electrons. The molecule has 0 bridgehead atoms. The van der Waals surface area contributed by atoms with Crippen LogP contribution >= 0.6 is 0 Å². The molecule has 3 nitrogen and oxygen atoms in total. The highest BCUT2D eigenvalue weighted by molar-refractivity contribution is 5.77. The molecule has 0 saturated carbocycles. The molecule has 0 aromatic carbocycles. The zero-order chi connectivity index (χ0) is 10.8. The first-order valence-electron chi connectivity index (χ1n) is 5.42. The molecule has 0 amide bonds. The molecule has 1 aromatic heterocycles. The highest BCUT2D eigenvalue weighted by Crippen LogP contribution is 2.20. The van der Waals surface area contributed by atoms with E-state index in [-0.39, 0.29) is 0 Å². The quantitative estimate of drug-likeness (QED) is 0.709. The Balaban J connectivity index is 2.19. The maximum absolute atomic E-state index is 10.8. The van der Waals surface area contributed by atoms with E-state index in [0.717, 1.165) is 43.7 Å². The van der Waals surface area contributed by atoms with Crippen molar-refractivity contribution in [3.05, 3.63) is 23.0 Å². The van der Waals surface area contributed by atoms with Crippen molar-refractivity contribution in [3.63, 3.8) is 0 Å². The van der Waals surface area contributed by atoms with Gasteiger partial charge < -0.3 is 9.30 Å². The number of aromatic nitrogens is 1. The Kier molecular flexibility index (Phi) is 2.91. The summed E-state index contributed by atoms with van der Waals surface area (Å²) >= 11 is 0. The fourth-order valence-electron chi connectivity index (χ4n) is 2.21. The zero-order valence-electron chi connectivity index (χ0n) is 9.32. The predicted molar refractivity (Wildman–Crippen MR) is 58.2 cm³/mol. The minimum atomic E-state index is 0.606. The van der Waals surface area contributed by atoms with Crippen LogP contribution in [0.15, 0.2) is 6.07 Å². The summed E-state index contributed by atoms with van der Waals surface area (Å²) in [7, 11) is 0. The highest BCUT2D eigenvalue weighted by atomic mass is 16.5. The minimum absolute atomic E-state index is 0.606. The van der Waals surface area contributed by atoms with Crippen LogP contribution in [0.3, 0.4) is 0 Å². The van der Waals surface area contributed by atoms with Gasteiger partial charge in [0.1, 0.15) is 0 Å². The Hall–Kier alpha value is -1.09. The number of rotatable bonds is 3. The van der Waals surface area contributed by atoms with Crippen LogP contribution in [0, 0.1) is 19.8 Å². The van der Waals surface area contributed by atoms with Crippen molar-refractivity contribution >= 4 is 6.29 Å². The number of aldehydes is 1. The molecule has 2 heterocycles. The molecule has 0 aliphatic carbocycles. The molecule has 1 unspecified atom stereocenters. The topological polar surface area (TPSA) is 31.2 Å². The second kappa shape index (κ2) is 4.19. The van der Waals surface area contributed by atoms with E-state index in [2.05, 4.69) is 11.5 Å². The van der Waals surface area contributed by atoms with Crippen LogP contribution in [-0.2, 0) is 11.3 Å². The normalized spacial score (nSPS) is 20.8. The molecule has 1 aromatic rings. The second-order valence-corrected chi connectivity index (χ2v) is 4.28. The van der Waals surface area contributed by atoms with Crippen molar-refractivity contribution in [2.45, 2.75) is 26.8 Å². The van der Waals surface area contributed by atoms with E-state index in [1.807, 2.05) is 13.0 Å². The summed E-state index contributed by atoms with van der Waals surface area (Å²) in [4.78, 5) is 10.8. The lowest BCUT2D eigenvalue weighted by Gasteiger charge is -2.13. The van der Waals surface area contributed by atoms with Gasteiger partial charge in [-0.15, -0.1) is 0 Å². The first-order valence-corrected chi connectivity index (χ1v) is 5.42. The molecular formula is C12H17NO2. The fraction of sp³-hybridized carbons (Fsp3) is 0.583. The van der Waals surface area contributed by atoms with Gasteiger partial charge in [0.25, 0.3) is 0 Å². The Labute approximate surface area is 90.0 Å². The third kappa shape index (κ3) is 1.97. The van der Waals surface area contributed by atoms with E-state index in [1.54, 1.807) is 0 Å². The number of nitrogens with zero attached hydrogens (tertiary/aromatic N) is 1. The van der Waals surface area contributed by atoms with Gasteiger partial charge in [0.05, 0.1) is 6.61 Å². The van der Waals surface area contributed by atoms with Crippen LogP contribution in [-0.4, -0.2) is 24.1 Å². The molecule has 2 rings (SSSR count). The van der Waals surface area contributed by atoms with Crippen molar-refractivity contribution in [3.8, 4) is 0 Å². The van der Waals surface area contributed by atoms with Crippen molar-refractivity contribution < 1.29 is 9.53 Å². The van der Waals surface area contributed by atoms with Gasteiger partial charge in [-0.1, -0.05) is 0 Å². The van der Waals surface area contributed by atoms with Crippen LogP contribution in [0.5, 0.6) is 0 Å². The lowest BCUT2D eigenvalue weighted by Crippen LogP contribution is -2.13. The second-order valence-electron chi connectivity index (χ2n) is 4.28. The Morgan fingerprint density at radius 3 is 2.93 bits per heavy atom. The van der Waals surface area contributed by atoms with Gasteiger partial charge in [0.15, 0.2) is 6.29 Å². The standard InChI is InChI=1S/C12H17NO2/c1-9-5-12(7-14)10(2)13(9)6-11-3-4-15-8-11/h5,7,11H,3-4,6,8H2,1-2H3. The van der Waals surface area contributed by atoms with Gasteiger partial charge in [-0.2, -0.15) is 0 Å². The number of hydrogen-bond donors (Lipinski definition) is 0. The van der Waals surface area contributed by atoms with Crippen molar-refractivity contribution in [1.29, 1.82) is 0 Å². The first-order chi connectivity index (χ1) is 7.22. The summed E-state index contributed by atoms with van der Waals surface area (Å²) in [5.74, 6) is 0.606. The Morgan fingerprint density at radius 2 is 2.40 bits per heavy atom. The molecule has 3 heteroatoms. The third-order valence-corrected chi connectivity index (χ3v) is 3.20. The molecule has 1 fully saturated rings. The Bertz CT molecular complexity index is 362. The number of carbonyl (C=O) groups is 1. The molecule has 1 aliphatic rings. The van der Waals surface area contributed by atoms with Crippen LogP contribution < -0.4 is 0 Å². The fourth-order valence-corrected chi connectivity index (χ4v) is 2.21. The Morgan fingerprint density at radius 1 is 1.60 bits per heavy atom. The summed E-state index contributed by atoms with van der Waals surface area (Å²) in [5.41, 5.74) is 3.06. The summed E-state index contributed by atoms with van der Waals surface area (Å²) in [6.45, 7) is 6.77. The van der Waals surface area contributed by atoms with Crippen LogP contribution in [0.25, 0.3) is 0 Å². The molecular weight excluding hydrogens is 190 g/mol. The van der Waals surface area contributed by atoms with Gasteiger partial charge in [0.2, 0.25) is 0 Å². The van der Waals surface area contributed by atoms with Gasteiger partial charge in [0, 0.05) is 36.0 Å². The third-order valence-electron chi connectivity index (χ3n) is 3.20. The smallest absolute Gasteiger partial charge is 0.151 e. The van der Waals surface area contributed by atoms with Crippen LogP contribution in [0.4, 0.5) is 0 Å². The lowest BCUT2D eigenvalue weighted by molar-refractivity contribution is 0.112. The van der Waals surface area contributed by atoms with Gasteiger partial charge in [-0.05, 0) is 26.3 Å². The largest absolute Gasteiger partial charge is 0.381 e. The van der Waals surface area contributed by atoms with Gasteiger partial charge in [-0.3, -0.25) is 4.79 Å². The zero-order valence-corrected chi connectivity index (χ0v) is 9.32. The van der Waals surface area contributed by atoms with Crippen molar-refractivity contribution in [2.24, 2.45) is 5.92 Å². The monoisotopic (exact) mass is 207 g/mol. The molecule has 1 aliphatic heterocycles. The van der Waals surface area contributed by atoms with E-state index < -0.39 is 0 Å². The van der Waals surface area contributed by atoms with E-state index in [0.29, 0.717) is 5.92 Å². The maximum Gasteiger partial charge on any atom is 0.151 e. The van der Waals surface area contributed by atoms with E-state index >= 15 is 0 Å².